The van der Waals surface area contributed by atoms with Gasteiger partial charge in [-0.1, -0.05) is 29.4 Å². The van der Waals surface area contributed by atoms with Crippen molar-refractivity contribution in [3.63, 3.8) is 0 Å². The van der Waals surface area contributed by atoms with Crippen molar-refractivity contribution < 1.29 is 4.74 Å². The van der Waals surface area contributed by atoms with Gasteiger partial charge in [0.15, 0.2) is 5.16 Å². The maximum absolute atomic E-state index is 6.14. The Morgan fingerprint density at radius 1 is 1.14 bits per heavy atom. The number of methoxy groups -OCH3 is 1. The van der Waals surface area contributed by atoms with E-state index in [4.69, 9.17) is 16.3 Å². The molecule has 0 bridgehead atoms. The lowest BCUT2D eigenvalue weighted by Crippen LogP contribution is -1.98. The standard InChI is InChI=1S/C17H15ClN2OS/c1-21-15-8-6-12(7-9-15)16-11-19-17(22-2)20(16)14-5-3-4-13(18)10-14/h3-11H,1-2H3. The van der Waals surface area contributed by atoms with Gasteiger partial charge in [0, 0.05) is 16.3 Å². The summed E-state index contributed by atoms with van der Waals surface area (Å²) >= 11 is 7.74. The lowest BCUT2D eigenvalue weighted by Gasteiger charge is -2.12. The highest BCUT2D eigenvalue weighted by Gasteiger charge is 2.13. The van der Waals surface area contributed by atoms with Gasteiger partial charge in [0.2, 0.25) is 0 Å². The number of halogens is 1. The first-order valence-electron chi connectivity index (χ1n) is 6.75. The molecule has 1 heterocycles. The highest BCUT2D eigenvalue weighted by molar-refractivity contribution is 7.98. The summed E-state index contributed by atoms with van der Waals surface area (Å²) in [6.45, 7) is 0. The molecule has 2 aromatic carbocycles. The summed E-state index contributed by atoms with van der Waals surface area (Å²) in [4.78, 5) is 4.51. The number of aromatic nitrogens is 2. The third-order valence-electron chi connectivity index (χ3n) is 3.36. The van der Waals surface area contributed by atoms with Crippen LogP contribution in [0.5, 0.6) is 5.75 Å². The summed E-state index contributed by atoms with van der Waals surface area (Å²) in [5.74, 6) is 0.836. The largest absolute Gasteiger partial charge is 0.497 e. The second-order valence-electron chi connectivity index (χ2n) is 4.67. The van der Waals surface area contributed by atoms with Crippen LogP contribution in [0.2, 0.25) is 5.02 Å². The molecule has 0 fully saturated rings. The Labute approximate surface area is 138 Å². The minimum Gasteiger partial charge on any atom is -0.497 e. The van der Waals surface area contributed by atoms with Gasteiger partial charge in [-0.2, -0.15) is 0 Å². The molecule has 0 amide bonds. The van der Waals surface area contributed by atoms with Crippen molar-refractivity contribution in [1.82, 2.24) is 9.55 Å². The Bertz CT molecular complexity index is 784. The molecule has 3 rings (SSSR count). The minimum absolute atomic E-state index is 0.707. The molecule has 0 unspecified atom stereocenters. The Kier molecular flexibility index (Phi) is 4.41. The topological polar surface area (TPSA) is 27.1 Å². The van der Waals surface area contributed by atoms with E-state index in [9.17, 15) is 0 Å². The van der Waals surface area contributed by atoms with Gasteiger partial charge >= 0.3 is 0 Å². The third-order valence-corrected chi connectivity index (χ3v) is 4.25. The van der Waals surface area contributed by atoms with Crippen LogP contribution in [0, 0.1) is 0 Å². The molecule has 3 aromatic rings. The summed E-state index contributed by atoms with van der Waals surface area (Å²) in [5, 5.41) is 1.63. The smallest absolute Gasteiger partial charge is 0.172 e. The number of benzene rings is 2. The van der Waals surface area contributed by atoms with Crippen LogP contribution in [0.4, 0.5) is 0 Å². The molecule has 0 aliphatic heterocycles. The Morgan fingerprint density at radius 3 is 2.55 bits per heavy atom. The molecule has 5 heteroatoms. The fraction of sp³-hybridized carbons (Fsp3) is 0.118. The molecule has 0 saturated carbocycles. The van der Waals surface area contributed by atoms with Crippen molar-refractivity contribution in [3.05, 3.63) is 59.8 Å². The van der Waals surface area contributed by atoms with E-state index in [1.807, 2.05) is 61.0 Å². The summed E-state index contributed by atoms with van der Waals surface area (Å²) in [5.41, 5.74) is 3.10. The van der Waals surface area contributed by atoms with Crippen molar-refractivity contribution in [2.75, 3.05) is 13.4 Å². The van der Waals surface area contributed by atoms with Crippen LogP contribution in [0.25, 0.3) is 16.9 Å². The lowest BCUT2D eigenvalue weighted by atomic mass is 10.1. The summed E-state index contributed by atoms with van der Waals surface area (Å²) < 4.78 is 7.33. The quantitative estimate of drug-likeness (QED) is 0.635. The maximum atomic E-state index is 6.14. The molecule has 22 heavy (non-hydrogen) atoms. The number of ether oxygens (including phenoxy) is 1. The van der Waals surface area contributed by atoms with Crippen LogP contribution in [-0.4, -0.2) is 22.9 Å². The summed E-state index contributed by atoms with van der Waals surface area (Å²) in [7, 11) is 1.66. The summed E-state index contributed by atoms with van der Waals surface area (Å²) in [6, 6.07) is 15.7. The molecule has 0 atom stereocenters. The molecular formula is C17H15ClN2OS. The SMILES string of the molecule is COc1ccc(-c2cnc(SC)n2-c2cccc(Cl)c2)cc1. The first-order chi connectivity index (χ1) is 10.7. The van der Waals surface area contributed by atoms with Crippen molar-refractivity contribution in [2.45, 2.75) is 5.16 Å². The fourth-order valence-corrected chi connectivity index (χ4v) is 3.04. The number of hydrogen-bond donors (Lipinski definition) is 0. The number of nitrogens with zero attached hydrogens (tertiary/aromatic N) is 2. The van der Waals surface area contributed by atoms with E-state index in [-0.39, 0.29) is 0 Å². The molecule has 1 aromatic heterocycles. The average Bonchev–Trinajstić information content (AvgIpc) is 2.99. The van der Waals surface area contributed by atoms with E-state index in [0.717, 1.165) is 27.9 Å². The Hall–Kier alpha value is -1.91. The van der Waals surface area contributed by atoms with Gasteiger partial charge in [0.05, 0.1) is 19.0 Å². The van der Waals surface area contributed by atoms with Crippen LogP contribution >= 0.6 is 23.4 Å². The van der Waals surface area contributed by atoms with Crippen LogP contribution in [0.1, 0.15) is 0 Å². The molecule has 0 N–H and O–H groups in total. The van der Waals surface area contributed by atoms with Gasteiger partial charge in [-0.3, -0.25) is 4.57 Å². The van der Waals surface area contributed by atoms with Gasteiger partial charge in [0.1, 0.15) is 5.75 Å². The molecule has 0 aliphatic carbocycles. The molecule has 3 nitrogen and oxygen atoms in total. The van der Waals surface area contributed by atoms with Gasteiger partial charge in [-0.25, -0.2) is 4.98 Å². The second-order valence-corrected chi connectivity index (χ2v) is 5.88. The fourth-order valence-electron chi connectivity index (χ4n) is 2.31. The molecule has 0 aliphatic rings. The Balaban J connectivity index is 2.14. The molecule has 112 valence electrons. The summed E-state index contributed by atoms with van der Waals surface area (Å²) in [6.07, 6.45) is 3.90. The van der Waals surface area contributed by atoms with E-state index in [1.54, 1.807) is 18.9 Å². The van der Waals surface area contributed by atoms with Gasteiger partial charge in [-0.15, -0.1) is 0 Å². The first kappa shape index (κ1) is 15.0. The van der Waals surface area contributed by atoms with Crippen LogP contribution in [0.3, 0.4) is 0 Å². The zero-order valence-corrected chi connectivity index (χ0v) is 13.9. The zero-order valence-electron chi connectivity index (χ0n) is 12.3. The predicted molar refractivity (Wildman–Crippen MR) is 92.3 cm³/mol. The predicted octanol–water partition coefficient (Wildman–Crippen LogP) is 4.92. The molecule has 0 spiro atoms. The number of imidazole rings is 1. The van der Waals surface area contributed by atoms with Gasteiger partial charge in [0.25, 0.3) is 0 Å². The van der Waals surface area contributed by atoms with Gasteiger partial charge < -0.3 is 4.74 Å². The average molecular weight is 331 g/mol. The van der Waals surface area contributed by atoms with E-state index >= 15 is 0 Å². The van der Waals surface area contributed by atoms with Crippen molar-refractivity contribution in [2.24, 2.45) is 0 Å². The molecule has 0 radical (unpaired) electrons. The minimum atomic E-state index is 0.707. The van der Waals surface area contributed by atoms with E-state index < -0.39 is 0 Å². The van der Waals surface area contributed by atoms with Crippen molar-refractivity contribution >= 4 is 23.4 Å². The lowest BCUT2D eigenvalue weighted by molar-refractivity contribution is 0.415. The maximum Gasteiger partial charge on any atom is 0.172 e. The van der Waals surface area contributed by atoms with Crippen LogP contribution in [-0.2, 0) is 0 Å². The highest BCUT2D eigenvalue weighted by atomic mass is 35.5. The molecule has 0 saturated heterocycles. The first-order valence-corrected chi connectivity index (χ1v) is 8.35. The third kappa shape index (κ3) is 2.85. The number of rotatable bonds is 4. The van der Waals surface area contributed by atoms with Gasteiger partial charge in [-0.05, 0) is 48.7 Å². The van der Waals surface area contributed by atoms with Crippen molar-refractivity contribution in [3.8, 4) is 22.7 Å². The van der Waals surface area contributed by atoms with E-state index in [1.165, 1.54) is 0 Å². The second kappa shape index (κ2) is 6.46. The monoisotopic (exact) mass is 330 g/mol. The number of thioether (sulfide) groups is 1. The van der Waals surface area contributed by atoms with E-state index in [2.05, 4.69) is 9.55 Å². The van der Waals surface area contributed by atoms with E-state index in [0.29, 0.717) is 5.02 Å². The number of hydrogen-bond acceptors (Lipinski definition) is 3. The highest BCUT2D eigenvalue weighted by Crippen LogP contribution is 2.30. The normalized spacial score (nSPS) is 10.7. The van der Waals surface area contributed by atoms with Crippen LogP contribution in [0.15, 0.2) is 59.9 Å². The van der Waals surface area contributed by atoms with Crippen molar-refractivity contribution in [1.29, 1.82) is 0 Å². The van der Waals surface area contributed by atoms with Crippen LogP contribution < -0.4 is 4.74 Å². The molecular weight excluding hydrogens is 316 g/mol. The Morgan fingerprint density at radius 2 is 1.91 bits per heavy atom. The zero-order chi connectivity index (χ0) is 15.5.